The van der Waals surface area contributed by atoms with E-state index in [2.05, 4.69) is 32.9 Å². The summed E-state index contributed by atoms with van der Waals surface area (Å²) in [5.41, 5.74) is 4.61. The van der Waals surface area contributed by atoms with Gasteiger partial charge in [-0.2, -0.15) is 0 Å². The molecule has 0 spiro atoms. The second kappa shape index (κ2) is 16.2. The van der Waals surface area contributed by atoms with Crippen molar-refractivity contribution < 1.29 is 23.7 Å². The zero-order valence-electron chi connectivity index (χ0n) is 19.8. The van der Waals surface area contributed by atoms with E-state index in [1.165, 1.54) is 0 Å². The van der Waals surface area contributed by atoms with Gasteiger partial charge in [-0.25, -0.2) is 0 Å². The molecule has 0 rings (SSSR count). The molecule has 3 atom stereocenters. The van der Waals surface area contributed by atoms with Crippen molar-refractivity contribution in [1.29, 1.82) is 0 Å². The van der Waals surface area contributed by atoms with Gasteiger partial charge in [-0.1, -0.05) is 60.8 Å². The molecule has 0 aromatic carbocycles. The molecule has 0 aliphatic heterocycles. The van der Waals surface area contributed by atoms with Gasteiger partial charge in [0.25, 0.3) is 0 Å². The molecule has 0 aromatic heterocycles. The fourth-order valence-corrected chi connectivity index (χ4v) is 2.37. The van der Waals surface area contributed by atoms with Crippen molar-refractivity contribution in [3.63, 3.8) is 0 Å². The van der Waals surface area contributed by atoms with Crippen LogP contribution in [0.3, 0.4) is 0 Å². The number of ether oxygens (including phenoxy) is 5. The largest absolute Gasteiger partial charge is 0.374 e. The molecule has 0 bridgehead atoms. The Hall–Kier alpha value is -1.50. The van der Waals surface area contributed by atoms with Crippen LogP contribution in [0.25, 0.3) is 0 Å². The maximum atomic E-state index is 6.19. The molecule has 0 saturated heterocycles. The molecule has 30 heavy (non-hydrogen) atoms. The van der Waals surface area contributed by atoms with E-state index in [1.54, 1.807) is 0 Å². The molecule has 0 amide bonds. The van der Waals surface area contributed by atoms with Gasteiger partial charge in [0.15, 0.2) is 0 Å². The summed E-state index contributed by atoms with van der Waals surface area (Å²) in [6.45, 7) is 31.9. The standard InChI is InChI=1S/C25H42O5/c1-18(2)11-26-16-23(28-13-20(5)6)25(30-15-22(9)10)24(29-14-21(7)8)17-27-12-19(3)4/h23-25H,1,3,5,7,9,11-17H2,2,4,6,8,10H3/t23-,24+,25?. The van der Waals surface area contributed by atoms with Gasteiger partial charge in [0.2, 0.25) is 0 Å². The molecule has 172 valence electrons. The zero-order chi connectivity index (χ0) is 23.1. The lowest BCUT2D eigenvalue weighted by Crippen LogP contribution is -2.48. The quantitative estimate of drug-likeness (QED) is 0.272. The first-order valence-electron chi connectivity index (χ1n) is 10.2. The molecule has 0 saturated carbocycles. The van der Waals surface area contributed by atoms with Crippen LogP contribution < -0.4 is 0 Å². The lowest BCUT2D eigenvalue weighted by molar-refractivity contribution is -0.159. The van der Waals surface area contributed by atoms with Gasteiger partial charge in [-0.3, -0.25) is 0 Å². The van der Waals surface area contributed by atoms with Gasteiger partial charge in [0.1, 0.15) is 18.3 Å². The third kappa shape index (κ3) is 15.4. The van der Waals surface area contributed by atoms with Crippen LogP contribution in [0.4, 0.5) is 0 Å². The van der Waals surface area contributed by atoms with Crippen LogP contribution in [0.1, 0.15) is 34.6 Å². The minimum Gasteiger partial charge on any atom is -0.374 e. The molecule has 0 aliphatic rings. The highest BCUT2D eigenvalue weighted by Gasteiger charge is 2.33. The van der Waals surface area contributed by atoms with Gasteiger partial charge in [-0.15, -0.1) is 0 Å². The SMILES string of the molecule is C=C(C)COC[C@H](OCC(=C)C)C(OCC(=C)C)[C@@H](COCC(=C)C)OCC(=C)C. The molecule has 0 heterocycles. The highest BCUT2D eigenvalue weighted by Crippen LogP contribution is 2.17. The number of hydrogen-bond donors (Lipinski definition) is 0. The minimum absolute atomic E-state index is 0.328. The molecule has 0 fully saturated rings. The second-order valence-electron chi connectivity index (χ2n) is 8.29. The van der Waals surface area contributed by atoms with E-state index in [0.29, 0.717) is 46.2 Å². The van der Waals surface area contributed by atoms with Gasteiger partial charge < -0.3 is 23.7 Å². The molecule has 0 N–H and O–H groups in total. The van der Waals surface area contributed by atoms with Gasteiger partial charge in [0, 0.05) is 0 Å². The summed E-state index contributed by atoms with van der Waals surface area (Å²) in [6, 6.07) is 0. The fraction of sp³-hybridized carbons (Fsp3) is 0.600. The Morgan fingerprint density at radius 2 is 0.800 bits per heavy atom. The van der Waals surface area contributed by atoms with Crippen LogP contribution in [-0.4, -0.2) is 64.6 Å². The monoisotopic (exact) mass is 422 g/mol. The molecule has 0 aliphatic carbocycles. The van der Waals surface area contributed by atoms with Crippen molar-refractivity contribution >= 4 is 0 Å². The topological polar surface area (TPSA) is 46.2 Å². The summed E-state index contributed by atoms with van der Waals surface area (Å²) in [5.74, 6) is 0. The smallest absolute Gasteiger partial charge is 0.115 e. The summed E-state index contributed by atoms with van der Waals surface area (Å²) in [4.78, 5) is 0. The highest BCUT2D eigenvalue weighted by atomic mass is 16.6. The van der Waals surface area contributed by atoms with Crippen molar-refractivity contribution in [3.8, 4) is 0 Å². The minimum atomic E-state index is -0.435. The van der Waals surface area contributed by atoms with E-state index in [1.807, 2.05) is 34.6 Å². The summed E-state index contributed by atoms with van der Waals surface area (Å²) in [6.07, 6.45) is -1.21. The summed E-state index contributed by atoms with van der Waals surface area (Å²) in [5, 5.41) is 0. The van der Waals surface area contributed by atoms with Gasteiger partial charge in [-0.05, 0) is 34.6 Å². The zero-order valence-corrected chi connectivity index (χ0v) is 19.8. The molecule has 5 nitrogen and oxygen atoms in total. The second-order valence-corrected chi connectivity index (χ2v) is 8.29. The van der Waals surface area contributed by atoms with E-state index < -0.39 is 6.10 Å². The van der Waals surface area contributed by atoms with Gasteiger partial charge >= 0.3 is 0 Å². The van der Waals surface area contributed by atoms with Crippen LogP contribution >= 0.6 is 0 Å². The average Bonchev–Trinajstić information content (AvgIpc) is 2.61. The van der Waals surface area contributed by atoms with Crippen molar-refractivity contribution in [2.24, 2.45) is 0 Å². The van der Waals surface area contributed by atoms with Crippen molar-refractivity contribution in [1.82, 2.24) is 0 Å². The van der Waals surface area contributed by atoms with E-state index in [-0.39, 0.29) is 12.2 Å². The van der Waals surface area contributed by atoms with E-state index in [4.69, 9.17) is 23.7 Å². The first kappa shape index (κ1) is 28.5. The van der Waals surface area contributed by atoms with Gasteiger partial charge in [0.05, 0.1) is 46.2 Å². The normalized spacial score (nSPS) is 14.0. The van der Waals surface area contributed by atoms with Crippen LogP contribution in [0.2, 0.25) is 0 Å². The van der Waals surface area contributed by atoms with E-state index in [0.717, 1.165) is 27.9 Å². The summed E-state index contributed by atoms with van der Waals surface area (Å²) >= 11 is 0. The third-order valence-corrected chi connectivity index (χ3v) is 3.60. The number of hydrogen-bond acceptors (Lipinski definition) is 5. The molecule has 0 radical (unpaired) electrons. The summed E-state index contributed by atoms with van der Waals surface area (Å²) < 4.78 is 30.0. The fourth-order valence-electron chi connectivity index (χ4n) is 2.37. The first-order valence-corrected chi connectivity index (χ1v) is 10.2. The highest BCUT2D eigenvalue weighted by molar-refractivity contribution is 4.94. The maximum absolute atomic E-state index is 6.19. The van der Waals surface area contributed by atoms with E-state index >= 15 is 0 Å². The number of rotatable bonds is 19. The molecule has 5 heteroatoms. The predicted molar refractivity (Wildman–Crippen MR) is 125 cm³/mol. The van der Waals surface area contributed by atoms with Crippen LogP contribution in [0.15, 0.2) is 60.8 Å². The Balaban J connectivity index is 5.58. The van der Waals surface area contributed by atoms with Crippen molar-refractivity contribution in [3.05, 3.63) is 60.8 Å². The van der Waals surface area contributed by atoms with Crippen LogP contribution in [0, 0.1) is 0 Å². The lowest BCUT2D eigenvalue weighted by atomic mass is 10.1. The third-order valence-electron chi connectivity index (χ3n) is 3.60. The predicted octanol–water partition coefficient (Wildman–Crippen LogP) is 5.06. The maximum Gasteiger partial charge on any atom is 0.115 e. The van der Waals surface area contributed by atoms with E-state index in [9.17, 15) is 0 Å². The molecular formula is C25H42O5. The Labute approximate surface area is 184 Å². The molecule has 0 aromatic rings. The van der Waals surface area contributed by atoms with Crippen LogP contribution in [0.5, 0.6) is 0 Å². The van der Waals surface area contributed by atoms with Crippen molar-refractivity contribution in [2.75, 3.05) is 46.2 Å². The summed E-state index contributed by atoms with van der Waals surface area (Å²) in [7, 11) is 0. The lowest BCUT2D eigenvalue weighted by Gasteiger charge is -2.34. The average molecular weight is 423 g/mol. The molecule has 1 unspecified atom stereocenters. The first-order chi connectivity index (χ1) is 14.0. The van der Waals surface area contributed by atoms with Crippen molar-refractivity contribution in [2.45, 2.75) is 52.9 Å². The Kier molecular flexibility index (Phi) is 15.4. The Morgan fingerprint density at radius 3 is 1.10 bits per heavy atom. The Morgan fingerprint density at radius 1 is 0.500 bits per heavy atom. The Bertz CT molecular complexity index is 536. The molecular weight excluding hydrogens is 380 g/mol. The van der Waals surface area contributed by atoms with Crippen LogP contribution in [-0.2, 0) is 23.7 Å².